The van der Waals surface area contributed by atoms with Crippen molar-refractivity contribution in [1.82, 2.24) is 5.32 Å². The molecule has 0 aliphatic heterocycles. The molecule has 0 saturated carbocycles. The Morgan fingerprint density at radius 2 is 1.50 bits per heavy atom. The molecule has 0 heterocycles. The molecular weight excluding hydrogens is 242 g/mol. The Labute approximate surface area is 123 Å². The van der Waals surface area contributed by atoms with E-state index in [0.717, 1.165) is 13.1 Å². The van der Waals surface area contributed by atoms with Crippen LogP contribution in [0.4, 0.5) is 0 Å². The van der Waals surface area contributed by atoms with Gasteiger partial charge in [-0.2, -0.15) is 0 Å². The minimum atomic E-state index is 0.615. The molecule has 2 rings (SSSR count). The van der Waals surface area contributed by atoms with E-state index in [1.54, 1.807) is 0 Å². The minimum Gasteiger partial charge on any atom is -0.317 e. The van der Waals surface area contributed by atoms with Crippen LogP contribution in [0, 0.1) is 0 Å². The van der Waals surface area contributed by atoms with Crippen LogP contribution in [0.5, 0.6) is 0 Å². The predicted octanol–water partition coefficient (Wildman–Crippen LogP) is 4.85. The molecule has 0 aromatic heterocycles. The van der Waals surface area contributed by atoms with Gasteiger partial charge in [0.2, 0.25) is 0 Å². The summed E-state index contributed by atoms with van der Waals surface area (Å²) in [6, 6.07) is 19.6. The number of hydrogen-bond donors (Lipinski definition) is 1. The van der Waals surface area contributed by atoms with E-state index < -0.39 is 0 Å². The van der Waals surface area contributed by atoms with Crippen LogP contribution in [0.2, 0.25) is 0 Å². The Balaban J connectivity index is 1.94. The second-order valence-corrected chi connectivity index (χ2v) is 5.43. The van der Waals surface area contributed by atoms with Gasteiger partial charge in [0.15, 0.2) is 0 Å². The van der Waals surface area contributed by atoms with Gasteiger partial charge in [-0.1, -0.05) is 68.4 Å². The lowest BCUT2D eigenvalue weighted by molar-refractivity contribution is 0.591. The molecule has 106 valence electrons. The van der Waals surface area contributed by atoms with Crippen LogP contribution in [-0.2, 0) is 0 Å². The van der Waals surface area contributed by atoms with Gasteiger partial charge in [-0.05, 0) is 48.5 Å². The molecule has 0 saturated heterocycles. The summed E-state index contributed by atoms with van der Waals surface area (Å²) < 4.78 is 0. The minimum absolute atomic E-state index is 0.615. The SMILES string of the molecule is CCCNCCC(C)c1ccc(-c2ccccc2)cc1. The number of nitrogens with one attached hydrogen (secondary N) is 1. The smallest absolute Gasteiger partial charge is 0.00432 e. The molecule has 0 aliphatic rings. The first-order valence-electron chi connectivity index (χ1n) is 7.67. The third kappa shape index (κ3) is 4.21. The van der Waals surface area contributed by atoms with E-state index in [4.69, 9.17) is 0 Å². The maximum Gasteiger partial charge on any atom is -0.00432 e. The fourth-order valence-electron chi connectivity index (χ4n) is 2.42. The average molecular weight is 267 g/mol. The Hall–Kier alpha value is -1.60. The van der Waals surface area contributed by atoms with Gasteiger partial charge >= 0.3 is 0 Å². The zero-order chi connectivity index (χ0) is 14.2. The van der Waals surface area contributed by atoms with Gasteiger partial charge in [0.25, 0.3) is 0 Å². The normalized spacial score (nSPS) is 12.3. The first-order chi connectivity index (χ1) is 9.81. The highest BCUT2D eigenvalue weighted by atomic mass is 14.8. The van der Waals surface area contributed by atoms with Crippen molar-refractivity contribution in [1.29, 1.82) is 0 Å². The van der Waals surface area contributed by atoms with Gasteiger partial charge in [0, 0.05) is 0 Å². The molecule has 2 aromatic rings. The van der Waals surface area contributed by atoms with E-state index in [-0.39, 0.29) is 0 Å². The Morgan fingerprint density at radius 1 is 0.850 bits per heavy atom. The first-order valence-corrected chi connectivity index (χ1v) is 7.67. The lowest BCUT2D eigenvalue weighted by Crippen LogP contribution is -2.17. The molecule has 1 unspecified atom stereocenters. The summed E-state index contributed by atoms with van der Waals surface area (Å²) in [6.45, 7) is 6.75. The van der Waals surface area contributed by atoms with Crippen LogP contribution in [0.1, 0.15) is 38.2 Å². The number of benzene rings is 2. The zero-order valence-electron chi connectivity index (χ0n) is 12.6. The van der Waals surface area contributed by atoms with Crippen molar-refractivity contribution in [2.75, 3.05) is 13.1 Å². The zero-order valence-corrected chi connectivity index (χ0v) is 12.6. The summed E-state index contributed by atoms with van der Waals surface area (Å²) in [5, 5.41) is 3.47. The highest BCUT2D eigenvalue weighted by Gasteiger charge is 2.05. The third-order valence-electron chi connectivity index (χ3n) is 3.77. The predicted molar refractivity (Wildman–Crippen MR) is 88.1 cm³/mol. The summed E-state index contributed by atoms with van der Waals surface area (Å²) in [5.74, 6) is 0.615. The largest absolute Gasteiger partial charge is 0.317 e. The second-order valence-electron chi connectivity index (χ2n) is 5.43. The first kappa shape index (κ1) is 14.8. The number of rotatable bonds is 7. The van der Waals surface area contributed by atoms with Crippen LogP contribution in [-0.4, -0.2) is 13.1 Å². The highest BCUT2D eigenvalue weighted by Crippen LogP contribution is 2.23. The molecular formula is C19H25N. The van der Waals surface area contributed by atoms with Gasteiger partial charge in [0.1, 0.15) is 0 Å². The number of hydrogen-bond acceptors (Lipinski definition) is 1. The van der Waals surface area contributed by atoms with Crippen molar-refractivity contribution in [2.24, 2.45) is 0 Å². The Bertz CT molecular complexity index is 487. The maximum absolute atomic E-state index is 3.47. The quantitative estimate of drug-likeness (QED) is 0.707. The fraction of sp³-hybridized carbons (Fsp3) is 0.368. The molecule has 0 fully saturated rings. The molecule has 1 N–H and O–H groups in total. The molecule has 2 aromatic carbocycles. The third-order valence-corrected chi connectivity index (χ3v) is 3.77. The van der Waals surface area contributed by atoms with Gasteiger partial charge in [-0.15, -0.1) is 0 Å². The molecule has 1 nitrogen and oxygen atoms in total. The standard InChI is InChI=1S/C19H25N/c1-3-14-20-15-13-16(2)17-9-11-19(12-10-17)18-7-5-4-6-8-18/h4-12,16,20H,3,13-15H2,1-2H3. The van der Waals surface area contributed by atoms with Crippen molar-refractivity contribution in [2.45, 2.75) is 32.6 Å². The Morgan fingerprint density at radius 3 is 2.15 bits per heavy atom. The topological polar surface area (TPSA) is 12.0 Å². The summed E-state index contributed by atoms with van der Waals surface area (Å²) in [5.41, 5.74) is 4.02. The van der Waals surface area contributed by atoms with E-state index in [1.165, 1.54) is 29.5 Å². The maximum atomic E-state index is 3.47. The monoisotopic (exact) mass is 267 g/mol. The van der Waals surface area contributed by atoms with Crippen LogP contribution in [0.15, 0.2) is 54.6 Å². The summed E-state index contributed by atoms with van der Waals surface area (Å²) in [4.78, 5) is 0. The Kier molecular flexibility index (Phi) is 5.82. The van der Waals surface area contributed by atoms with Crippen molar-refractivity contribution in [3.05, 3.63) is 60.2 Å². The van der Waals surface area contributed by atoms with E-state index in [9.17, 15) is 0 Å². The van der Waals surface area contributed by atoms with Crippen LogP contribution < -0.4 is 5.32 Å². The van der Waals surface area contributed by atoms with Crippen molar-refractivity contribution in [3.63, 3.8) is 0 Å². The molecule has 0 amide bonds. The summed E-state index contributed by atoms with van der Waals surface area (Å²) in [7, 11) is 0. The van der Waals surface area contributed by atoms with Crippen molar-refractivity contribution in [3.8, 4) is 11.1 Å². The second kappa shape index (κ2) is 7.86. The van der Waals surface area contributed by atoms with Crippen molar-refractivity contribution < 1.29 is 0 Å². The molecule has 1 heteroatoms. The summed E-state index contributed by atoms with van der Waals surface area (Å²) in [6.07, 6.45) is 2.41. The lowest BCUT2D eigenvalue weighted by Gasteiger charge is -2.13. The fourth-order valence-corrected chi connectivity index (χ4v) is 2.42. The molecule has 0 aliphatic carbocycles. The molecule has 20 heavy (non-hydrogen) atoms. The van der Waals surface area contributed by atoms with Crippen LogP contribution >= 0.6 is 0 Å². The highest BCUT2D eigenvalue weighted by molar-refractivity contribution is 5.63. The molecule has 0 bridgehead atoms. The van der Waals surface area contributed by atoms with E-state index in [1.807, 2.05) is 0 Å². The van der Waals surface area contributed by atoms with Crippen molar-refractivity contribution >= 4 is 0 Å². The van der Waals surface area contributed by atoms with Crippen LogP contribution in [0.25, 0.3) is 11.1 Å². The van der Waals surface area contributed by atoms with Gasteiger partial charge < -0.3 is 5.32 Å². The van der Waals surface area contributed by atoms with Gasteiger partial charge in [-0.3, -0.25) is 0 Å². The molecule has 0 radical (unpaired) electrons. The van der Waals surface area contributed by atoms with Crippen LogP contribution in [0.3, 0.4) is 0 Å². The van der Waals surface area contributed by atoms with Gasteiger partial charge in [0.05, 0.1) is 0 Å². The molecule has 0 spiro atoms. The van der Waals surface area contributed by atoms with Gasteiger partial charge in [-0.25, -0.2) is 0 Å². The van der Waals surface area contributed by atoms with E-state index in [2.05, 4.69) is 73.8 Å². The lowest BCUT2D eigenvalue weighted by atomic mass is 9.95. The van der Waals surface area contributed by atoms with E-state index >= 15 is 0 Å². The molecule has 1 atom stereocenters. The van der Waals surface area contributed by atoms with E-state index in [0.29, 0.717) is 5.92 Å². The average Bonchev–Trinajstić information content (AvgIpc) is 2.52. The summed E-state index contributed by atoms with van der Waals surface area (Å²) >= 11 is 0.